The van der Waals surface area contributed by atoms with Gasteiger partial charge in [0.2, 0.25) is 0 Å². The van der Waals surface area contributed by atoms with Crippen molar-refractivity contribution in [1.82, 2.24) is 5.32 Å². The van der Waals surface area contributed by atoms with E-state index in [1.807, 2.05) is 60.7 Å². The van der Waals surface area contributed by atoms with Crippen molar-refractivity contribution in [3.8, 4) is 0 Å². The van der Waals surface area contributed by atoms with Crippen molar-refractivity contribution < 1.29 is 19.4 Å². The van der Waals surface area contributed by atoms with Gasteiger partial charge in [-0.25, -0.2) is 4.79 Å². The molecule has 0 saturated heterocycles. The third kappa shape index (κ3) is 6.50. The molecule has 0 heterocycles. The number of benzene rings is 2. The van der Waals surface area contributed by atoms with Gasteiger partial charge in [-0.2, -0.15) is 0 Å². The van der Waals surface area contributed by atoms with Crippen molar-refractivity contribution in [2.75, 3.05) is 13.2 Å². The van der Waals surface area contributed by atoms with Crippen LogP contribution in [0.4, 0.5) is 4.79 Å². The van der Waals surface area contributed by atoms with Crippen LogP contribution in [-0.2, 0) is 22.6 Å². The number of carbonyl (C=O) groups excluding carboxylic acids is 1. The zero-order valence-corrected chi connectivity index (χ0v) is 12.9. The van der Waals surface area contributed by atoms with E-state index in [1.54, 1.807) is 0 Å². The Morgan fingerprint density at radius 3 is 2.22 bits per heavy atom. The number of amides is 1. The highest BCUT2D eigenvalue weighted by atomic mass is 16.6. The number of hydrogen-bond donors (Lipinski definition) is 2. The molecule has 0 bridgehead atoms. The molecule has 2 rings (SSSR count). The van der Waals surface area contributed by atoms with Gasteiger partial charge in [0, 0.05) is 6.54 Å². The molecular formula is C18H21NO4. The van der Waals surface area contributed by atoms with Gasteiger partial charge >= 0.3 is 6.09 Å². The Morgan fingerprint density at radius 1 is 1.00 bits per heavy atom. The highest BCUT2D eigenvalue weighted by Gasteiger charge is 2.13. The molecule has 1 amide bonds. The first-order valence-corrected chi connectivity index (χ1v) is 7.49. The summed E-state index contributed by atoms with van der Waals surface area (Å²) in [5.74, 6) is 0. The zero-order chi connectivity index (χ0) is 16.3. The standard InChI is InChI=1S/C18H21NO4/c20-12-17(14-22-13-16-9-5-2-6-10-16)23-18(21)19-11-15-7-3-1-4-8-15/h1-10,17,20H,11-14H2,(H,19,21). The lowest BCUT2D eigenvalue weighted by atomic mass is 10.2. The van der Waals surface area contributed by atoms with Crippen LogP contribution in [0.15, 0.2) is 60.7 Å². The maximum absolute atomic E-state index is 11.7. The van der Waals surface area contributed by atoms with E-state index in [1.165, 1.54) is 0 Å². The summed E-state index contributed by atoms with van der Waals surface area (Å²) >= 11 is 0. The fraction of sp³-hybridized carbons (Fsp3) is 0.278. The maximum Gasteiger partial charge on any atom is 0.407 e. The molecule has 0 radical (unpaired) electrons. The molecule has 1 atom stereocenters. The van der Waals surface area contributed by atoms with Crippen LogP contribution < -0.4 is 5.32 Å². The summed E-state index contributed by atoms with van der Waals surface area (Å²) in [4.78, 5) is 11.7. The van der Waals surface area contributed by atoms with Crippen LogP contribution in [-0.4, -0.2) is 30.5 Å². The van der Waals surface area contributed by atoms with E-state index in [0.717, 1.165) is 11.1 Å². The van der Waals surface area contributed by atoms with Crippen LogP contribution in [0.1, 0.15) is 11.1 Å². The minimum Gasteiger partial charge on any atom is -0.441 e. The topological polar surface area (TPSA) is 67.8 Å². The third-order valence-electron chi connectivity index (χ3n) is 3.17. The minimum atomic E-state index is -0.686. The highest BCUT2D eigenvalue weighted by Crippen LogP contribution is 2.03. The predicted octanol–water partition coefficient (Wildman–Crippen LogP) is 2.49. The summed E-state index contributed by atoms with van der Waals surface area (Å²) in [6, 6.07) is 19.2. The second-order valence-corrected chi connectivity index (χ2v) is 5.05. The molecular weight excluding hydrogens is 294 g/mol. The van der Waals surface area contributed by atoms with Crippen LogP contribution in [0, 0.1) is 0 Å². The van der Waals surface area contributed by atoms with E-state index in [2.05, 4.69) is 5.32 Å². The molecule has 1 unspecified atom stereocenters. The van der Waals surface area contributed by atoms with Crippen molar-refractivity contribution in [3.05, 3.63) is 71.8 Å². The highest BCUT2D eigenvalue weighted by molar-refractivity contribution is 5.67. The lowest BCUT2D eigenvalue weighted by molar-refractivity contribution is -0.0121. The van der Waals surface area contributed by atoms with Gasteiger partial charge in [0.1, 0.15) is 6.10 Å². The maximum atomic E-state index is 11.7. The Balaban J connectivity index is 1.68. The summed E-state index contributed by atoms with van der Waals surface area (Å²) in [5, 5.41) is 11.9. The Labute approximate surface area is 135 Å². The number of alkyl carbamates (subject to hydrolysis) is 1. The Hall–Kier alpha value is -2.37. The summed E-state index contributed by atoms with van der Waals surface area (Å²) < 4.78 is 10.6. The molecule has 0 aliphatic carbocycles. The first-order valence-electron chi connectivity index (χ1n) is 7.49. The predicted molar refractivity (Wildman–Crippen MR) is 86.7 cm³/mol. The number of nitrogens with one attached hydrogen (secondary N) is 1. The molecule has 0 fully saturated rings. The van der Waals surface area contributed by atoms with E-state index in [-0.39, 0.29) is 13.2 Å². The van der Waals surface area contributed by atoms with Gasteiger partial charge < -0.3 is 19.9 Å². The van der Waals surface area contributed by atoms with Crippen LogP contribution in [0.5, 0.6) is 0 Å². The number of carbonyl (C=O) groups is 1. The largest absolute Gasteiger partial charge is 0.441 e. The van der Waals surface area contributed by atoms with Crippen molar-refractivity contribution in [3.63, 3.8) is 0 Å². The van der Waals surface area contributed by atoms with Crippen LogP contribution >= 0.6 is 0 Å². The van der Waals surface area contributed by atoms with Gasteiger partial charge in [-0.05, 0) is 11.1 Å². The summed E-state index contributed by atoms with van der Waals surface area (Å²) in [7, 11) is 0. The second kappa shape index (κ2) is 9.61. The van der Waals surface area contributed by atoms with Crippen molar-refractivity contribution in [2.45, 2.75) is 19.3 Å². The van der Waals surface area contributed by atoms with Crippen molar-refractivity contribution in [1.29, 1.82) is 0 Å². The van der Waals surface area contributed by atoms with E-state index < -0.39 is 12.2 Å². The van der Waals surface area contributed by atoms with E-state index >= 15 is 0 Å². The van der Waals surface area contributed by atoms with E-state index in [9.17, 15) is 9.90 Å². The first kappa shape index (κ1) is 17.0. The third-order valence-corrected chi connectivity index (χ3v) is 3.17. The van der Waals surface area contributed by atoms with Crippen LogP contribution in [0.25, 0.3) is 0 Å². The molecule has 2 N–H and O–H groups in total. The van der Waals surface area contributed by atoms with Gasteiger partial charge in [0.05, 0.1) is 19.8 Å². The number of aliphatic hydroxyl groups excluding tert-OH is 1. The normalized spacial score (nSPS) is 11.7. The van der Waals surface area contributed by atoms with Crippen LogP contribution in [0.3, 0.4) is 0 Å². The minimum absolute atomic E-state index is 0.143. The molecule has 2 aromatic rings. The van der Waals surface area contributed by atoms with Crippen LogP contribution in [0.2, 0.25) is 0 Å². The van der Waals surface area contributed by atoms with Gasteiger partial charge in [-0.1, -0.05) is 60.7 Å². The SMILES string of the molecule is O=C(NCc1ccccc1)OC(CO)COCc1ccccc1. The zero-order valence-electron chi connectivity index (χ0n) is 12.9. The van der Waals surface area contributed by atoms with Crippen molar-refractivity contribution >= 4 is 6.09 Å². The smallest absolute Gasteiger partial charge is 0.407 e. The lowest BCUT2D eigenvalue weighted by Gasteiger charge is -2.16. The number of hydrogen-bond acceptors (Lipinski definition) is 4. The fourth-order valence-corrected chi connectivity index (χ4v) is 1.97. The molecule has 0 saturated carbocycles. The average Bonchev–Trinajstić information content (AvgIpc) is 2.61. The molecule has 0 spiro atoms. The van der Waals surface area contributed by atoms with Gasteiger partial charge in [0.15, 0.2) is 0 Å². The summed E-state index contributed by atoms with van der Waals surface area (Å²) in [6.07, 6.45) is -1.26. The lowest BCUT2D eigenvalue weighted by Crippen LogP contribution is -2.33. The quantitative estimate of drug-likeness (QED) is 0.785. The monoisotopic (exact) mass is 315 g/mol. The number of aliphatic hydroxyl groups is 1. The molecule has 23 heavy (non-hydrogen) atoms. The molecule has 5 heteroatoms. The Kier molecular flexibility index (Phi) is 7.10. The van der Waals surface area contributed by atoms with E-state index in [4.69, 9.17) is 9.47 Å². The molecule has 0 aromatic heterocycles. The van der Waals surface area contributed by atoms with Gasteiger partial charge in [0.25, 0.3) is 0 Å². The van der Waals surface area contributed by atoms with Gasteiger partial charge in [-0.15, -0.1) is 0 Å². The van der Waals surface area contributed by atoms with E-state index in [0.29, 0.717) is 13.2 Å². The molecule has 122 valence electrons. The summed E-state index contributed by atoms with van der Waals surface area (Å²) in [5.41, 5.74) is 2.00. The molecule has 5 nitrogen and oxygen atoms in total. The average molecular weight is 315 g/mol. The fourth-order valence-electron chi connectivity index (χ4n) is 1.97. The Bertz CT molecular complexity index is 574. The number of ether oxygens (including phenoxy) is 2. The van der Waals surface area contributed by atoms with Gasteiger partial charge in [-0.3, -0.25) is 0 Å². The summed E-state index contributed by atoms with van der Waals surface area (Å²) in [6.45, 7) is 0.646. The second-order valence-electron chi connectivity index (χ2n) is 5.05. The first-order chi connectivity index (χ1) is 11.3. The molecule has 0 aliphatic heterocycles. The number of rotatable bonds is 8. The Morgan fingerprint density at radius 2 is 1.61 bits per heavy atom. The van der Waals surface area contributed by atoms with Crippen molar-refractivity contribution in [2.24, 2.45) is 0 Å². The molecule has 2 aromatic carbocycles. The molecule has 0 aliphatic rings.